The van der Waals surface area contributed by atoms with Crippen LogP contribution in [0.5, 0.6) is 0 Å². The van der Waals surface area contributed by atoms with Gasteiger partial charge in [-0.3, -0.25) is 5.10 Å². The van der Waals surface area contributed by atoms with Gasteiger partial charge in [0, 0.05) is 10.6 Å². The SMILES string of the molecule is CC.CC1(C)C=CC=c2cn[nH]c2=C1. The van der Waals surface area contributed by atoms with Crippen molar-refractivity contribution in [2.75, 3.05) is 0 Å². The summed E-state index contributed by atoms with van der Waals surface area (Å²) in [6.45, 7) is 8.35. The first-order valence-electron chi connectivity index (χ1n) is 5.09. The fourth-order valence-electron chi connectivity index (χ4n) is 1.37. The molecule has 0 fully saturated rings. The molecule has 1 aromatic heterocycles. The van der Waals surface area contributed by atoms with Crippen molar-refractivity contribution in [3.63, 3.8) is 0 Å². The van der Waals surface area contributed by atoms with E-state index in [2.05, 4.69) is 48.3 Å². The number of nitrogens with zero attached hydrogens (tertiary/aromatic N) is 1. The molecular formula is C12H18N2. The maximum atomic E-state index is 3.99. The molecule has 0 spiro atoms. The number of hydrogen-bond acceptors (Lipinski definition) is 1. The molecule has 0 atom stereocenters. The van der Waals surface area contributed by atoms with Crippen LogP contribution in [-0.2, 0) is 0 Å². The number of aromatic amines is 1. The first-order chi connectivity index (χ1) is 6.67. The Labute approximate surface area is 85.0 Å². The lowest BCUT2D eigenvalue weighted by Gasteiger charge is -2.11. The molecule has 0 radical (unpaired) electrons. The Morgan fingerprint density at radius 2 is 2.00 bits per heavy atom. The zero-order valence-electron chi connectivity index (χ0n) is 9.33. The van der Waals surface area contributed by atoms with E-state index in [0.717, 1.165) is 10.6 Å². The van der Waals surface area contributed by atoms with E-state index in [4.69, 9.17) is 0 Å². The van der Waals surface area contributed by atoms with Gasteiger partial charge in [0.2, 0.25) is 0 Å². The molecule has 0 saturated carbocycles. The summed E-state index contributed by atoms with van der Waals surface area (Å²) < 4.78 is 0. The molecule has 2 nitrogen and oxygen atoms in total. The molecule has 0 saturated heterocycles. The topological polar surface area (TPSA) is 28.7 Å². The molecule has 1 N–H and O–H groups in total. The molecule has 0 aromatic carbocycles. The van der Waals surface area contributed by atoms with E-state index in [1.54, 1.807) is 0 Å². The number of H-pyrrole nitrogens is 1. The van der Waals surface area contributed by atoms with Gasteiger partial charge < -0.3 is 0 Å². The van der Waals surface area contributed by atoms with Crippen molar-refractivity contribution in [1.82, 2.24) is 10.2 Å². The lowest BCUT2D eigenvalue weighted by atomic mass is 9.93. The van der Waals surface area contributed by atoms with Crippen molar-refractivity contribution in [2.45, 2.75) is 27.7 Å². The Balaban J connectivity index is 0.000000461. The monoisotopic (exact) mass is 190 g/mol. The normalized spacial score (nSPS) is 16.6. The number of aromatic nitrogens is 2. The summed E-state index contributed by atoms with van der Waals surface area (Å²) in [7, 11) is 0. The number of nitrogens with one attached hydrogen (secondary N) is 1. The maximum Gasteiger partial charge on any atom is 0.0618 e. The second-order valence-corrected chi connectivity index (χ2v) is 3.73. The Morgan fingerprint density at radius 1 is 1.29 bits per heavy atom. The Kier molecular flexibility index (Phi) is 3.28. The highest BCUT2D eigenvalue weighted by Crippen LogP contribution is 2.18. The molecule has 76 valence electrons. The third-order valence-corrected chi connectivity index (χ3v) is 2.02. The predicted molar refractivity (Wildman–Crippen MR) is 61.0 cm³/mol. The maximum absolute atomic E-state index is 3.99. The molecule has 1 heterocycles. The van der Waals surface area contributed by atoms with Crippen LogP contribution in [0.3, 0.4) is 0 Å². The summed E-state index contributed by atoms with van der Waals surface area (Å²) in [5, 5.41) is 9.25. The largest absolute Gasteiger partial charge is 0.278 e. The van der Waals surface area contributed by atoms with Crippen LogP contribution >= 0.6 is 0 Å². The van der Waals surface area contributed by atoms with Gasteiger partial charge in [-0.1, -0.05) is 45.9 Å². The fourth-order valence-corrected chi connectivity index (χ4v) is 1.37. The highest BCUT2D eigenvalue weighted by atomic mass is 15.1. The third-order valence-electron chi connectivity index (χ3n) is 2.02. The predicted octanol–water partition coefficient (Wildman–Crippen LogP) is 1.59. The van der Waals surface area contributed by atoms with Gasteiger partial charge in [0.15, 0.2) is 0 Å². The number of allylic oxidation sites excluding steroid dienone is 2. The molecule has 2 heteroatoms. The van der Waals surface area contributed by atoms with Crippen molar-refractivity contribution in [3.05, 3.63) is 28.9 Å². The number of rotatable bonds is 0. The van der Waals surface area contributed by atoms with Crippen LogP contribution < -0.4 is 10.6 Å². The zero-order chi connectivity index (χ0) is 10.6. The third kappa shape index (κ3) is 2.34. The highest BCUT2D eigenvalue weighted by Gasteiger charge is 2.10. The van der Waals surface area contributed by atoms with Gasteiger partial charge in [-0.2, -0.15) is 5.10 Å². The van der Waals surface area contributed by atoms with Gasteiger partial charge in [0.25, 0.3) is 0 Å². The van der Waals surface area contributed by atoms with Gasteiger partial charge in [-0.25, -0.2) is 0 Å². The summed E-state index contributed by atoms with van der Waals surface area (Å²) in [5.41, 5.74) is 0.119. The second kappa shape index (κ2) is 4.27. The molecule has 2 rings (SSSR count). The van der Waals surface area contributed by atoms with Crippen molar-refractivity contribution in [1.29, 1.82) is 0 Å². The highest BCUT2D eigenvalue weighted by molar-refractivity contribution is 5.46. The summed E-state index contributed by atoms with van der Waals surface area (Å²) in [6.07, 6.45) is 10.4. The zero-order valence-corrected chi connectivity index (χ0v) is 9.33. The standard InChI is InChI=1S/C10H12N2.C2H6/c1-10(2)5-3-4-8-7-11-12-9(8)6-10;1-2/h3-7,12H,1-2H3;1-2H3. The molecule has 1 aliphatic rings. The first kappa shape index (κ1) is 10.8. The molecule has 0 amide bonds. The quantitative estimate of drug-likeness (QED) is 0.661. The summed E-state index contributed by atoms with van der Waals surface area (Å²) in [6, 6.07) is 0. The van der Waals surface area contributed by atoms with Crippen molar-refractivity contribution < 1.29 is 0 Å². The van der Waals surface area contributed by atoms with Crippen LogP contribution in [0.2, 0.25) is 0 Å². The van der Waals surface area contributed by atoms with E-state index in [1.807, 2.05) is 20.0 Å². The average molecular weight is 190 g/mol. The summed E-state index contributed by atoms with van der Waals surface area (Å²) in [5.74, 6) is 0. The van der Waals surface area contributed by atoms with E-state index in [1.165, 1.54) is 0 Å². The molecule has 1 aromatic rings. The van der Waals surface area contributed by atoms with E-state index >= 15 is 0 Å². The van der Waals surface area contributed by atoms with Gasteiger partial charge in [-0.05, 0) is 6.08 Å². The average Bonchev–Trinajstić information content (AvgIpc) is 2.50. The lowest BCUT2D eigenvalue weighted by molar-refractivity contribution is 0.668. The minimum atomic E-state index is 0.119. The van der Waals surface area contributed by atoms with E-state index < -0.39 is 0 Å². The Bertz CT molecular complexity index is 421. The number of hydrogen-bond donors (Lipinski definition) is 1. The number of fused-ring (bicyclic) bond motifs is 1. The van der Waals surface area contributed by atoms with Crippen LogP contribution in [0.4, 0.5) is 0 Å². The molecule has 0 unspecified atom stereocenters. The summed E-state index contributed by atoms with van der Waals surface area (Å²) >= 11 is 0. The van der Waals surface area contributed by atoms with Crippen LogP contribution in [0.25, 0.3) is 12.2 Å². The summed E-state index contributed by atoms with van der Waals surface area (Å²) in [4.78, 5) is 0. The van der Waals surface area contributed by atoms with E-state index in [-0.39, 0.29) is 5.41 Å². The minimum absolute atomic E-state index is 0.119. The van der Waals surface area contributed by atoms with Gasteiger partial charge in [-0.15, -0.1) is 0 Å². The molecular weight excluding hydrogens is 172 g/mol. The molecule has 1 aliphatic carbocycles. The van der Waals surface area contributed by atoms with E-state index in [0.29, 0.717) is 0 Å². The van der Waals surface area contributed by atoms with Crippen LogP contribution in [0, 0.1) is 5.41 Å². The molecule has 14 heavy (non-hydrogen) atoms. The van der Waals surface area contributed by atoms with Crippen LogP contribution in [0.1, 0.15) is 27.7 Å². The van der Waals surface area contributed by atoms with Gasteiger partial charge >= 0.3 is 0 Å². The molecule has 0 aliphatic heterocycles. The minimum Gasteiger partial charge on any atom is -0.278 e. The molecule has 0 bridgehead atoms. The van der Waals surface area contributed by atoms with Crippen molar-refractivity contribution >= 4 is 12.2 Å². The van der Waals surface area contributed by atoms with Crippen molar-refractivity contribution in [3.8, 4) is 0 Å². The lowest BCUT2D eigenvalue weighted by Crippen LogP contribution is -2.23. The van der Waals surface area contributed by atoms with E-state index in [9.17, 15) is 0 Å². The van der Waals surface area contributed by atoms with Crippen LogP contribution in [0.15, 0.2) is 18.3 Å². The first-order valence-corrected chi connectivity index (χ1v) is 5.09. The van der Waals surface area contributed by atoms with Gasteiger partial charge in [0.1, 0.15) is 0 Å². The van der Waals surface area contributed by atoms with Crippen LogP contribution in [-0.4, -0.2) is 10.2 Å². The smallest absolute Gasteiger partial charge is 0.0618 e. The van der Waals surface area contributed by atoms with Gasteiger partial charge in [0.05, 0.1) is 11.5 Å². The Morgan fingerprint density at radius 3 is 2.71 bits per heavy atom. The Hall–Kier alpha value is -1.31. The second-order valence-electron chi connectivity index (χ2n) is 3.73. The fraction of sp³-hybridized carbons (Fsp3) is 0.417. The van der Waals surface area contributed by atoms with Crippen molar-refractivity contribution in [2.24, 2.45) is 5.41 Å².